The number of halogens is 3. The molecular formula is C22H19F3N4O5. The van der Waals surface area contributed by atoms with Crippen molar-refractivity contribution < 1.29 is 32.2 Å². The lowest BCUT2D eigenvalue weighted by atomic mass is 10.1. The Bertz CT molecular complexity index is 1390. The van der Waals surface area contributed by atoms with E-state index in [9.17, 15) is 27.6 Å². The Morgan fingerprint density at radius 1 is 1.15 bits per heavy atom. The average molecular weight is 476 g/mol. The maximum Gasteiger partial charge on any atom is 0.343 e. The smallest absolute Gasteiger partial charge is 0.343 e. The molecule has 0 atom stereocenters. The van der Waals surface area contributed by atoms with Crippen LogP contribution in [-0.4, -0.2) is 47.3 Å². The number of carbonyl (C=O) groups is 2. The number of hydrogen-bond donors (Lipinski definition) is 1. The lowest BCUT2D eigenvalue weighted by Crippen LogP contribution is -2.53. The first-order valence-corrected chi connectivity index (χ1v) is 10.2. The minimum atomic E-state index is -1.13. The third-order valence-electron chi connectivity index (χ3n) is 5.26. The summed E-state index contributed by atoms with van der Waals surface area (Å²) >= 11 is 0. The maximum atomic E-state index is 15.0. The summed E-state index contributed by atoms with van der Waals surface area (Å²) in [7, 11) is 0. The Balaban J connectivity index is 1.93. The number of hydrogen-bond acceptors (Lipinski definition) is 8. The van der Waals surface area contributed by atoms with Crippen molar-refractivity contribution in [3.8, 4) is 5.82 Å². The van der Waals surface area contributed by atoms with Crippen LogP contribution < -0.4 is 16.1 Å². The Kier molecular flexibility index (Phi) is 5.90. The molecule has 0 aliphatic carbocycles. The van der Waals surface area contributed by atoms with Gasteiger partial charge in [-0.3, -0.25) is 14.2 Å². The molecular weight excluding hydrogens is 457 g/mol. The van der Waals surface area contributed by atoms with Crippen LogP contribution in [0, 0.1) is 17.5 Å². The molecule has 12 heteroatoms. The molecule has 9 nitrogen and oxygen atoms in total. The van der Waals surface area contributed by atoms with Gasteiger partial charge >= 0.3 is 11.9 Å². The second kappa shape index (κ2) is 8.69. The molecule has 1 aliphatic heterocycles. The highest BCUT2D eigenvalue weighted by Gasteiger charge is 2.32. The Morgan fingerprint density at radius 3 is 2.50 bits per heavy atom. The fourth-order valence-corrected chi connectivity index (χ4v) is 3.69. The minimum absolute atomic E-state index is 0.0113. The maximum absolute atomic E-state index is 15.0. The quantitative estimate of drug-likeness (QED) is 0.558. The van der Waals surface area contributed by atoms with Gasteiger partial charge < -0.3 is 20.1 Å². The standard InChI is InChI=1S/C22H19F3N4O5/c1-3-33-22(32)13-9-29(21-16(25)5-15(24)20(26)27-21)17-6-18(14(23)4-12(17)19(13)31)28-7-11(8-28)34-10(2)30/h4-6,9,11H,3,7-8H2,1-2H3,(H2,26,27). The summed E-state index contributed by atoms with van der Waals surface area (Å²) in [5.41, 5.74) is 4.20. The second-order valence-electron chi connectivity index (χ2n) is 7.58. The number of nitrogens with two attached hydrogens (primary N) is 1. The van der Waals surface area contributed by atoms with Crippen LogP contribution in [0.25, 0.3) is 16.7 Å². The van der Waals surface area contributed by atoms with Gasteiger partial charge in [0.2, 0.25) is 5.43 Å². The van der Waals surface area contributed by atoms with Gasteiger partial charge in [0.1, 0.15) is 17.5 Å². The number of benzene rings is 1. The van der Waals surface area contributed by atoms with Crippen molar-refractivity contribution in [2.45, 2.75) is 20.0 Å². The molecule has 1 aromatic carbocycles. The summed E-state index contributed by atoms with van der Waals surface area (Å²) in [6, 6.07) is 2.69. The van der Waals surface area contributed by atoms with Gasteiger partial charge in [-0.15, -0.1) is 0 Å². The third-order valence-corrected chi connectivity index (χ3v) is 5.26. The lowest BCUT2D eigenvalue weighted by molar-refractivity contribution is -0.147. The SMILES string of the molecule is CCOC(=O)c1cn(-c2nc(N)c(F)cc2F)c2cc(N3CC(OC(C)=O)C3)c(F)cc2c1=O. The predicted molar refractivity (Wildman–Crippen MR) is 115 cm³/mol. The molecule has 4 rings (SSSR count). The van der Waals surface area contributed by atoms with Crippen molar-refractivity contribution in [2.75, 3.05) is 30.3 Å². The first-order chi connectivity index (χ1) is 16.1. The Labute approximate surface area is 190 Å². The molecule has 34 heavy (non-hydrogen) atoms. The van der Waals surface area contributed by atoms with Crippen molar-refractivity contribution in [3.63, 3.8) is 0 Å². The highest BCUT2D eigenvalue weighted by atomic mass is 19.1. The molecule has 0 saturated carbocycles. The highest BCUT2D eigenvalue weighted by molar-refractivity contribution is 5.95. The molecule has 3 aromatic rings. The zero-order valence-corrected chi connectivity index (χ0v) is 18.1. The van der Waals surface area contributed by atoms with Gasteiger partial charge in [-0.05, 0) is 19.1 Å². The summed E-state index contributed by atoms with van der Waals surface area (Å²) in [4.78, 5) is 41.7. The van der Waals surface area contributed by atoms with Gasteiger partial charge in [0, 0.05) is 19.2 Å². The van der Waals surface area contributed by atoms with Crippen LogP contribution in [-0.2, 0) is 14.3 Å². The van der Waals surface area contributed by atoms with Crippen LogP contribution in [0.4, 0.5) is 24.7 Å². The number of rotatable bonds is 5. The number of ether oxygens (including phenoxy) is 2. The van der Waals surface area contributed by atoms with Gasteiger partial charge in [0.25, 0.3) is 0 Å². The number of carbonyl (C=O) groups excluding carboxylic acids is 2. The van der Waals surface area contributed by atoms with Crippen molar-refractivity contribution >= 4 is 34.3 Å². The topological polar surface area (TPSA) is 117 Å². The van der Waals surface area contributed by atoms with E-state index in [0.717, 1.165) is 16.8 Å². The van der Waals surface area contributed by atoms with E-state index in [4.69, 9.17) is 15.2 Å². The van der Waals surface area contributed by atoms with Crippen LogP contribution in [0.5, 0.6) is 0 Å². The molecule has 0 spiro atoms. The van der Waals surface area contributed by atoms with Crippen LogP contribution in [0.15, 0.2) is 29.2 Å². The fraction of sp³-hybridized carbons (Fsp3) is 0.273. The molecule has 178 valence electrons. The van der Waals surface area contributed by atoms with Crippen molar-refractivity contribution in [2.24, 2.45) is 0 Å². The van der Waals surface area contributed by atoms with Crippen LogP contribution in [0.3, 0.4) is 0 Å². The third kappa shape index (κ3) is 4.02. The minimum Gasteiger partial charge on any atom is -0.462 e. The summed E-state index contributed by atoms with van der Waals surface area (Å²) < 4.78 is 54.4. The molecule has 0 amide bonds. The molecule has 0 bridgehead atoms. The molecule has 1 aliphatic rings. The van der Waals surface area contributed by atoms with Crippen LogP contribution in [0.1, 0.15) is 24.2 Å². The van der Waals surface area contributed by atoms with Crippen LogP contribution >= 0.6 is 0 Å². The highest BCUT2D eigenvalue weighted by Crippen LogP contribution is 2.31. The summed E-state index contributed by atoms with van der Waals surface area (Å²) in [5.74, 6) is -5.61. The average Bonchev–Trinajstić information content (AvgIpc) is 2.74. The summed E-state index contributed by atoms with van der Waals surface area (Å²) in [6.07, 6.45) is 0.558. The lowest BCUT2D eigenvalue weighted by Gasteiger charge is -2.40. The zero-order valence-electron chi connectivity index (χ0n) is 18.1. The van der Waals surface area contributed by atoms with E-state index in [2.05, 4.69) is 4.98 Å². The predicted octanol–water partition coefficient (Wildman–Crippen LogP) is 2.31. The van der Waals surface area contributed by atoms with E-state index >= 15 is 0 Å². The molecule has 2 aromatic heterocycles. The number of nitrogen functional groups attached to an aromatic ring is 1. The molecule has 3 heterocycles. The van der Waals surface area contributed by atoms with Crippen molar-refractivity contribution in [1.29, 1.82) is 0 Å². The van der Waals surface area contributed by atoms with Crippen molar-refractivity contribution in [1.82, 2.24) is 9.55 Å². The van der Waals surface area contributed by atoms with Crippen molar-refractivity contribution in [3.05, 3.63) is 57.6 Å². The molecule has 0 radical (unpaired) electrons. The molecule has 1 fully saturated rings. The van der Waals surface area contributed by atoms with E-state index in [1.807, 2.05) is 0 Å². The van der Waals surface area contributed by atoms with E-state index in [-0.39, 0.29) is 36.3 Å². The normalized spacial score (nSPS) is 13.6. The zero-order chi connectivity index (χ0) is 24.7. The first-order valence-electron chi connectivity index (χ1n) is 10.2. The van der Waals surface area contributed by atoms with E-state index in [1.54, 1.807) is 4.90 Å². The number of pyridine rings is 2. The Morgan fingerprint density at radius 2 is 1.85 bits per heavy atom. The number of aromatic nitrogens is 2. The number of esters is 2. The van der Waals surface area contributed by atoms with Gasteiger partial charge in [-0.2, -0.15) is 0 Å². The Hall–Kier alpha value is -4.09. The molecule has 2 N–H and O–H groups in total. The van der Waals surface area contributed by atoms with E-state index < -0.39 is 58.1 Å². The summed E-state index contributed by atoms with van der Waals surface area (Å²) in [6.45, 7) is 3.14. The summed E-state index contributed by atoms with van der Waals surface area (Å²) in [5, 5.41) is -0.257. The van der Waals surface area contributed by atoms with Gasteiger partial charge in [0.15, 0.2) is 23.3 Å². The first kappa shape index (κ1) is 23.1. The van der Waals surface area contributed by atoms with Gasteiger partial charge in [-0.1, -0.05) is 0 Å². The molecule has 1 saturated heterocycles. The molecule has 0 unspecified atom stereocenters. The van der Waals surface area contributed by atoms with Crippen LogP contribution in [0.2, 0.25) is 0 Å². The van der Waals surface area contributed by atoms with E-state index in [1.165, 1.54) is 19.9 Å². The second-order valence-corrected chi connectivity index (χ2v) is 7.58. The number of nitrogens with zero attached hydrogens (tertiary/aromatic N) is 3. The largest absolute Gasteiger partial charge is 0.462 e. The number of fused-ring (bicyclic) bond motifs is 1. The monoisotopic (exact) mass is 476 g/mol. The fourth-order valence-electron chi connectivity index (χ4n) is 3.69. The number of anilines is 2. The van der Waals surface area contributed by atoms with Gasteiger partial charge in [-0.25, -0.2) is 22.9 Å². The van der Waals surface area contributed by atoms with Gasteiger partial charge in [0.05, 0.1) is 36.3 Å². The van der Waals surface area contributed by atoms with E-state index in [0.29, 0.717) is 6.07 Å².